The molecule has 0 fully saturated rings. The van der Waals surface area contributed by atoms with Crippen molar-refractivity contribution in [3.05, 3.63) is 0 Å². The normalized spacial score (nSPS) is 10.8. The first-order chi connectivity index (χ1) is 6.89. The van der Waals surface area contributed by atoms with E-state index >= 15 is 0 Å². The third-order valence-electron chi connectivity index (χ3n) is 1.98. The number of hydrogen-bond donors (Lipinski definition) is 2. The standard InChI is InChI=1S/C9H18N2O4/c1-3-4-9(2,5-14-7(10)12)6-15-8(11)13/h3-6H2,1-2H3,(H2,10,12)(H2,11,13)/i7+1,8+1,10+1,11+1. The average molecular weight is 222 g/mol. The number of carbonyl (C=O) groups excluding carboxylic acids is 2. The summed E-state index contributed by atoms with van der Waals surface area (Å²) in [6.45, 7) is 4.04. The van der Waals surface area contributed by atoms with E-state index < -0.39 is 17.6 Å². The molecule has 0 saturated heterocycles. The zero-order valence-electron chi connectivity index (χ0n) is 9.12. The summed E-state index contributed by atoms with van der Waals surface area (Å²) in [6, 6.07) is 0. The van der Waals surface area contributed by atoms with Crippen molar-refractivity contribution in [2.45, 2.75) is 26.7 Å². The molecule has 0 aliphatic heterocycles. The van der Waals surface area contributed by atoms with Crippen LogP contribution in [0.2, 0.25) is 0 Å². The van der Waals surface area contributed by atoms with Gasteiger partial charge in [0.15, 0.2) is 0 Å². The highest BCUT2D eigenvalue weighted by Crippen LogP contribution is 2.24. The fourth-order valence-electron chi connectivity index (χ4n) is 1.28. The molecule has 2 amide bonds. The number of nitrogens with two attached hydrogens (primary N) is 2. The van der Waals surface area contributed by atoms with Crippen molar-refractivity contribution in [2.75, 3.05) is 13.2 Å². The van der Waals surface area contributed by atoms with Crippen LogP contribution in [0.3, 0.4) is 0 Å². The molecule has 6 heteroatoms. The smallest absolute Gasteiger partial charge is 0.404 e. The predicted molar refractivity (Wildman–Crippen MR) is 54.1 cm³/mol. The molecule has 0 aliphatic carbocycles. The van der Waals surface area contributed by atoms with Crippen molar-refractivity contribution in [3.63, 3.8) is 0 Å². The van der Waals surface area contributed by atoms with E-state index in [-0.39, 0.29) is 13.2 Å². The molecular formula is C9H18N2O4. The van der Waals surface area contributed by atoms with Crippen LogP contribution < -0.4 is 11.5 Å². The van der Waals surface area contributed by atoms with Crippen LogP contribution in [0.1, 0.15) is 26.7 Å². The van der Waals surface area contributed by atoms with Crippen LogP contribution in [-0.4, -0.2) is 25.4 Å². The Labute approximate surface area is 88.9 Å². The van der Waals surface area contributed by atoms with Gasteiger partial charge in [-0.15, -0.1) is 0 Å². The maximum absolute atomic E-state index is 10.5. The molecule has 0 aromatic carbocycles. The lowest BCUT2D eigenvalue weighted by Crippen LogP contribution is -2.33. The van der Waals surface area contributed by atoms with E-state index in [2.05, 4.69) is 0 Å². The highest BCUT2D eigenvalue weighted by molar-refractivity contribution is 5.65. The van der Waals surface area contributed by atoms with Crippen LogP contribution in [0.4, 0.5) is 9.59 Å². The highest BCUT2D eigenvalue weighted by atomic mass is 16.7. The second-order valence-corrected chi connectivity index (χ2v) is 3.78. The van der Waals surface area contributed by atoms with Crippen LogP contribution >= 0.6 is 0 Å². The Bertz CT molecular complexity index is 212. The average Bonchev–Trinajstić information content (AvgIpc) is 2.13. The van der Waals surface area contributed by atoms with Gasteiger partial charge in [0.05, 0.1) is 0 Å². The van der Waals surface area contributed by atoms with Crippen molar-refractivity contribution in [1.29, 1.82) is 0 Å². The molecule has 0 aromatic heterocycles. The van der Waals surface area contributed by atoms with Gasteiger partial charge in [-0.25, -0.2) is 9.59 Å². The molecule has 0 spiro atoms. The lowest BCUT2D eigenvalue weighted by atomic mass is 9.88. The summed E-state index contributed by atoms with van der Waals surface area (Å²) in [4.78, 5) is 20.9. The molecular weight excluding hydrogens is 204 g/mol. The van der Waals surface area contributed by atoms with Crippen molar-refractivity contribution in [3.8, 4) is 0 Å². The SMILES string of the molecule is CCCC(C)(CO[13C]([15NH2])=O)CO[13C]([15NH2])=O. The Hall–Kier alpha value is -1.46. The second-order valence-electron chi connectivity index (χ2n) is 3.78. The summed E-state index contributed by atoms with van der Waals surface area (Å²) in [5.41, 5.74) is 9.28. The van der Waals surface area contributed by atoms with Crippen molar-refractivity contribution in [2.24, 2.45) is 16.9 Å². The molecule has 0 atom stereocenters. The summed E-state index contributed by atoms with van der Waals surface area (Å²) in [5.74, 6) is 0. The van der Waals surface area contributed by atoms with Crippen molar-refractivity contribution in [1.82, 2.24) is 0 Å². The lowest BCUT2D eigenvalue weighted by molar-refractivity contribution is 0.0367. The molecule has 0 unspecified atom stereocenters. The first-order valence-corrected chi connectivity index (χ1v) is 4.74. The van der Waals surface area contributed by atoms with Gasteiger partial charge in [0.1, 0.15) is 13.2 Å². The van der Waals surface area contributed by atoms with Gasteiger partial charge in [-0.2, -0.15) is 0 Å². The number of primary amides is 2. The third kappa shape index (κ3) is 6.59. The molecule has 0 heterocycles. The van der Waals surface area contributed by atoms with Crippen LogP contribution in [0.25, 0.3) is 0 Å². The van der Waals surface area contributed by atoms with Gasteiger partial charge in [-0.05, 0) is 6.42 Å². The van der Waals surface area contributed by atoms with Crippen molar-refractivity contribution < 1.29 is 19.1 Å². The van der Waals surface area contributed by atoms with E-state index in [0.29, 0.717) is 0 Å². The van der Waals surface area contributed by atoms with E-state index in [0.717, 1.165) is 12.8 Å². The topological polar surface area (TPSA) is 105 Å². The summed E-state index contributed by atoms with van der Waals surface area (Å²) in [6.07, 6.45) is -0.0540. The Kier molecular flexibility index (Phi) is 5.51. The molecule has 0 radical (unpaired) electrons. The van der Waals surface area contributed by atoms with Gasteiger partial charge in [-0.1, -0.05) is 20.3 Å². The number of amides is 2. The summed E-state index contributed by atoms with van der Waals surface area (Å²) in [5, 5.41) is 0. The maximum Gasteiger partial charge on any atom is 0.404 e. The Balaban J connectivity index is 4.17. The Morgan fingerprint density at radius 1 is 1.13 bits per heavy atom. The number of rotatable bonds is 6. The first-order valence-electron chi connectivity index (χ1n) is 4.74. The van der Waals surface area contributed by atoms with Gasteiger partial charge in [0, 0.05) is 5.41 Å². The first kappa shape index (κ1) is 13.5. The molecule has 0 aliphatic rings. The second kappa shape index (κ2) is 6.10. The molecule has 6 nitrogen and oxygen atoms in total. The fourth-order valence-corrected chi connectivity index (χ4v) is 1.28. The highest BCUT2D eigenvalue weighted by Gasteiger charge is 2.26. The van der Waals surface area contributed by atoms with Gasteiger partial charge >= 0.3 is 12.2 Å². The van der Waals surface area contributed by atoms with E-state index in [1.165, 1.54) is 0 Å². The molecule has 0 saturated carbocycles. The number of ether oxygens (including phenoxy) is 2. The van der Waals surface area contributed by atoms with Crippen LogP contribution in [0.15, 0.2) is 0 Å². The summed E-state index contributed by atoms with van der Waals surface area (Å²) >= 11 is 0. The minimum atomic E-state index is -0.837. The molecule has 0 rings (SSSR count). The maximum atomic E-state index is 10.5. The number of carbonyl (C=O) groups is 2. The largest absolute Gasteiger partial charge is 0.449 e. The van der Waals surface area contributed by atoms with Crippen LogP contribution in [-0.2, 0) is 9.47 Å². The molecule has 4 N–H and O–H groups in total. The molecule has 15 heavy (non-hydrogen) atoms. The van der Waals surface area contributed by atoms with Crippen LogP contribution in [0, 0.1) is 5.41 Å². The monoisotopic (exact) mass is 222 g/mol. The van der Waals surface area contributed by atoms with E-state index in [9.17, 15) is 9.59 Å². The molecule has 88 valence electrons. The zero-order valence-corrected chi connectivity index (χ0v) is 9.12. The van der Waals surface area contributed by atoms with E-state index in [4.69, 9.17) is 20.9 Å². The Morgan fingerprint density at radius 2 is 1.53 bits per heavy atom. The van der Waals surface area contributed by atoms with Crippen molar-refractivity contribution >= 4 is 12.2 Å². The summed E-state index contributed by atoms with van der Waals surface area (Å²) < 4.78 is 9.40. The predicted octanol–water partition coefficient (Wildman–Crippen LogP) is 0.983. The van der Waals surface area contributed by atoms with Gasteiger partial charge in [0.2, 0.25) is 0 Å². The minimum absolute atomic E-state index is 0.115. The molecule has 0 aromatic rings. The summed E-state index contributed by atoms with van der Waals surface area (Å²) in [7, 11) is 0. The zero-order chi connectivity index (χ0) is 11.9. The van der Waals surface area contributed by atoms with Gasteiger partial charge in [-0.3, -0.25) is 0 Å². The lowest BCUT2D eigenvalue weighted by Gasteiger charge is -2.27. The van der Waals surface area contributed by atoms with Crippen LogP contribution in [0.5, 0.6) is 0 Å². The Morgan fingerprint density at radius 3 is 1.80 bits per heavy atom. The third-order valence-corrected chi connectivity index (χ3v) is 1.98. The fraction of sp³-hybridized carbons (Fsp3) is 0.778. The number of hydrogen-bond acceptors (Lipinski definition) is 4. The van der Waals surface area contributed by atoms with E-state index in [1.54, 1.807) is 0 Å². The van der Waals surface area contributed by atoms with E-state index in [1.807, 2.05) is 13.8 Å². The molecule has 0 bridgehead atoms. The van der Waals surface area contributed by atoms with Gasteiger partial charge in [0.25, 0.3) is 0 Å². The quantitative estimate of drug-likeness (QED) is 0.516. The minimum Gasteiger partial charge on any atom is -0.449 e. The van der Waals surface area contributed by atoms with Gasteiger partial charge < -0.3 is 20.9 Å².